The SMILES string of the molecule is O=C(C=NN1CCCC1)c1ccc([N+](=O)[O-])cc1. The van der Waals surface area contributed by atoms with Crippen LogP contribution in [0.1, 0.15) is 23.2 Å². The highest BCUT2D eigenvalue weighted by atomic mass is 16.6. The molecule has 0 unspecified atom stereocenters. The summed E-state index contributed by atoms with van der Waals surface area (Å²) < 4.78 is 0. The zero-order chi connectivity index (χ0) is 13.0. The number of carbonyl (C=O) groups excluding carboxylic acids is 1. The number of nitrogens with zero attached hydrogens (tertiary/aromatic N) is 3. The van der Waals surface area contributed by atoms with E-state index < -0.39 is 4.92 Å². The average molecular weight is 247 g/mol. The van der Waals surface area contributed by atoms with Gasteiger partial charge < -0.3 is 0 Å². The minimum absolute atomic E-state index is 0.0250. The molecule has 94 valence electrons. The van der Waals surface area contributed by atoms with Gasteiger partial charge >= 0.3 is 0 Å². The van der Waals surface area contributed by atoms with Gasteiger partial charge in [0.15, 0.2) is 0 Å². The molecular formula is C12H13N3O3. The Morgan fingerprint density at radius 3 is 2.44 bits per heavy atom. The molecule has 0 atom stereocenters. The molecule has 1 aliphatic heterocycles. The van der Waals surface area contributed by atoms with Crippen LogP contribution in [0.2, 0.25) is 0 Å². The first kappa shape index (κ1) is 12.2. The van der Waals surface area contributed by atoms with E-state index in [1.165, 1.54) is 30.5 Å². The summed E-state index contributed by atoms with van der Waals surface area (Å²) in [6, 6.07) is 5.51. The Balaban J connectivity index is 2.02. The second-order valence-electron chi connectivity index (χ2n) is 4.07. The van der Waals surface area contributed by atoms with Crippen LogP contribution < -0.4 is 0 Å². The van der Waals surface area contributed by atoms with Crippen LogP contribution in [-0.4, -0.2) is 35.0 Å². The van der Waals surface area contributed by atoms with Crippen molar-refractivity contribution in [3.63, 3.8) is 0 Å². The number of non-ortho nitro benzene ring substituents is 1. The summed E-state index contributed by atoms with van der Waals surface area (Å²) in [5.41, 5.74) is 0.381. The van der Waals surface area contributed by atoms with Gasteiger partial charge in [0.1, 0.15) is 0 Å². The van der Waals surface area contributed by atoms with Crippen LogP contribution in [0.4, 0.5) is 5.69 Å². The summed E-state index contributed by atoms with van der Waals surface area (Å²) in [5.74, 6) is -0.239. The zero-order valence-corrected chi connectivity index (χ0v) is 9.78. The van der Waals surface area contributed by atoms with E-state index in [-0.39, 0.29) is 11.5 Å². The van der Waals surface area contributed by atoms with Crippen LogP contribution in [-0.2, 0) is 0 Å². The first-order valence-electron chi connectivity index (χ1n) is 5.74. The second-order valence-corrected chi connectivity index (χ2v) is 4.07. The summed E-state index contributed by atoms with van der Waals surface area (Å²) in [6.45, 7) is 1.76. The number of carbonyl (C=O) groups is 1. The van der Waals surface area contributed by atoms with Crippen LogP contribution in [0.5, 0.6) is 0 Å². The molecule has 1 fully saturated rings. The molecule has 0 saturated carbocycles. The summed E-state index contributed by atoms with van der Waals surface area (Å²) in [4.78, 5) is 21.7. The number of nitro groups is 1. The Kier molecular flexibility index (Phi) is 3.66. The van der Waals surface area contributed by atoms with Crippen molar-refractivity contribution in [3.05, 3.63) is 39.9 Å². The fraction of sp³-hybridized carbons (Fsp3) is 0.333. The molecule has 0 radical (unpaired) electrons. The van der Waals surface area contributed by atoms with E-state index in [0.29, 0.717) is 5.56 Å². The fourth-order valence-electron chi connectivity index (χ4n) is 1.77. The summed E-state index contributed by atoms with van der Waals surface area (Å²) in [6.07, 6.45) is 3.47. The van der Waals surface area contributed by atoms with Crippen molar-refractivity contribution in [1.29, 1.82) is 0 Å². The lowest BCUT2D eigenvalue weighted by Gasteiger charge is -2.08. The Morgan fingerprint density at radius 1 is 1.28 bits per heavy atom. The van der Waals surface area contributed by atoms with Crippen molar-refractivity contribution in [2.45, 2.75) is 12.8 Å². The Bertz CT molecular complexity index is 476. The van der Waals surface area contributed by atoms with E-state index in [4.69, 9.17) is 0 Å². The molecule has 1 aliphatic rings. The minimum atomic E-state index is -0.493. The molecule has 0 spiro atoms. The predicted molar refractivity (Wildman–Crippen MR) is 66.7 cm³/mol. The molecule has 1 saturated heterocycles. The lowest BCUT2D eigenvalue weighted by Crippen LogP contribution is -2.13. The number of nitro benzene ring substituents is 1. The highest BCUT2D eigenvalue weighted by molar-refractivity contribution is 6.35. The third-order valence-corrected chi connectivity index (χ3v) is 2.78. The second kappa shape index (κ2) is 5.39. The molecular weight excluding hydrogens is 234 g/mol. The van der Waals surface area contributed by atoms with Crippen molar-refractivity contribution < 1.29 is 9.72 Å². The van der Waals surface area contributed by atoms with Crippen LogP contribution in [0.15, 0.2) is 29.4 Å². The molecule has 1 heterocycles. The standard InChI is InChI=1S/C12H13N3O3/c16-12(9-13-14-7-1-2-8-14)10-3-5-11(6-4-10)15(17)18/h3-6,9H,1-2,7-8H2. The number of rotatable bonds is 4. The van der Waals surface area contributed by atoms with E-state index in [2.05, 4.69) is 5.10 Å². The maximum atomic E-state index is 11.7. The van der Waals surface area contributed by atoms with Gasteiger partial charge in [-0.1, -0.05) is 0 Å². The largest absolute Gasteiger partial charge is 0.297 e. The molecule has 1 aromatic carbocycles. The Morgan fingerprint density at radius 2 is 1.89 bits per heavy atom. The van der Waals surface area contributed by atoms with Gasteiger partial charge in [-0.05, 0) is 25.0 Å². The zero-order valence-electron chi connectivity index (χ0n) is 9.78. The van der Waals surface area contributed by atoms with E-state index in [1.54, 1.807) is 0 Å². The summed E-state index contributed by atoms with van der Waals surface area (Å²) in [5, 5.41) is 16.4. The Labute approximate surface area is 104 Å². The number of hydrazone groups is 1. The molecule has 0 aliphatic carbocycles. The van der Waals surface area contributed by atoms with Crippen molar-refractivity contribution in [3.8, 4) is 0 Å². The predicted octanol–water partition coefficient (Wildman–Crippen LogP) is 1.86. The van der Waals surface area contributed by atoms with Gasteiger partial charge in [-0.2, -0.15) is 5.10 Å². The monoisotopic (exact) mass is 247 g/mol. The molecule has 0 amide bonds. The smallest absolute Gasteiger partial charge is 0.269 e. The van der Waals surface area contributed by atoms with Gasteiger partial charge in [0, 0.05) is 30.8 Å². The lowest BCUT2D eigenvalue weighted by molar-refractivity contribution is -0.384. The molecule has 2 rings (SSSR count). The number of hydrogen-bond donors (Lipinski definition) is 0. The van der Waals surface area contributed by atoms with Crippen molar-refractivity contribution >= 4 is 17.7 Å². The number of benzene rings is 1. The van der Waals surface area contributed by atoms with E-state index in [9.17, 15) is 14.9 Å². The van der Waals surface area contributed by atoms with Crippen LogP contribution in [0.3, 0.4) is 0 Å². The number of Topliss-reactive ketones (excluding diaryl/α,β-unsaturated/α-hetero) is 1. The quantitative estimate of drug-likeness (QED) is 0.352. The molecule has 6 heteroatoms. The normalized spacial score (nSPS) is 15.2. The Hall–Kier alpha value is -2.24. The van der Waals surface area contributed by atoms with Gasteiger partial charge in [-0.3, -0.25) is 19.9 Å². The lowest BCUT2D eigenvalue weighted by atomic mass is 10.1. The van der Waals surface area contributed by atoms with Crippen molar-refractivity contribution in [2.75, 3.05) is 13.1 Å². The van der Waals surface area contributed by atoms with Crippen LogP contribution >= 0.6 is 0 Å². The first-order valence-corrected chi connectivity index (χ1v) is 5.74. The summed E-state index contributed by atoms with van der Waals surface area (Å²) in [7, 11) is 0. The maximum Gasteiger partial charge on any atom is 0.269 e. The highest BCUT2D eigenvalue weighted by Gasteiger charge is 2.10. The third-order valence-electron chi connectivity index (χ3n) is 2.78. The van der Waals surface area contributed by atoms with Gasteiger partial charge in [-0.25, -0.2) is 0 Å². The molecule has 6 nitrogen and oxygen atoms in total. The van der Waals surface area contributed by atoms with Crippen LogP contribution in [0, 0.1) is 10.1 Å². The molecule has 0 aromatic heterocycles. The summed E-state index contributed by atoms with van der Waals surface area (Å²) >= 11 is 0. The van der Waals surface area contributed by atoms with E-state index in [0.717, 1.165) is 25.9 Å². The topological polar surface area (TPSA) is 75.8 Å². The van der Waals surface area contributed by atoms with E-state index in [1.807, 2.05) is 5.01 Å². The number of ketones is 1. The van der Waals surface area contributed by atoms with Gasteiger partial charge in [0.2, 0.25) is 5.78 Å². The molecule has 0 N–H and O–H groups in total. The molecule has 0 bridgehead atoms. The van der Waals surface area contributed by atoms with Gasteiger partial charge in [0.05, 0.1) is 11.1 Å². The first-order chi connectivity index (χ1) is 8.66. The average Bonchev–Trinajstić information content (AvgIpc) is 2.89. The number of hydrogen-bond acceptors (Lipinski definition) is 5. The van der Waals surface area contributed by atoms with Crippen LogP contribution in [0.25, 0.3) is 0 Å². The maximum absolute atomic E-state index is 11.7. The van der Waals surface area contributed by atoms with Gasteiger partial charge in [-0.15, -0.1) is 0 Å². The molecule has 18 heavy (non-hydrogen) atoms. The van der Waals surface area contributed by atoms with Crippen molar-refractivity contribution in [2.24, 2.45) is 5.10 Å². The fourth-order valence-corrected chi connectivity index (χ4v) is 1.77. The van der Waals surface area contributed by atoms with Crippen molar-refractivity contribution in [1.82, 2.24) is 5.01 Å². The highest BCUT2D eigenvalue weighted by Crippen LogP contribution is 2.12. The molecule has 1 aromatic rings. The van der Waals surface area contributed by atoms with Gasteiger partial charge in [0.25, 0.3) is 5.69 Å². The van der Waals surface area contributed by atoms with E-state index >= 15 is 0 Å². The third kappa shape index (κ3) is 2.91. The minimum Gasteiger partial charge on any atom is -0.297 e.